The number of aromatic nitrogens is 2. The lowest BCUT2D eigenvalue weighted by molar-refractivity contribution is 0.100. The van der Waals surface area contributed by atoms with E-state index >= 15 is 0 Å². The summed E-state index contributed by atoms with van der Waals surface area (Å²) in [4.78, 5) is 19.4. The topological polar surface area (TPSA) is 107 Å². The zero-order valence-corrected chi connectivity index (χ0v) is 10.4. The number of nitrogen functional groups attached to an aromatic ring is 1. The van der Waals surface area contributed by atoms with E-state index in [4.69, 9.17) is 11.5 Å². The third-order valence-corrected chi connectivity index (χ3v) is 3.17. The molecule has 0 aliphatic rings. The second-order valence-electron chi connectivity index (χ2n) is 3.62. The van der Waals surface area contributed by atoms with Crippen molar-refractivity contribution in [2.24, 2.45) is 5.73 Å². The standard InChI is InChI=1S/C11H13N5OS/c12-9-5-7(11(13)17)8(6-16-9)14-2-1-10-15-3-4-18-10/h3-6,14H,1-2H2,(H2,12,16)(H2,13,17). The molecule has 0 unspecified atom stereocenters. The number of nitrogens with zero attached hydrogens (tertiary/aromatic N) is 2. The monoisotopic (exact) mass is 263 g/mol. The van der Waals surface area contributed by atoms with Gasteiger partial charge in [-0.25, -0.2) is 9.97 Å². The van der Waals surface area contributed by atoms with Crippen LogP contribution in [0.3, 0.4) is 0 Å². The van der Waals surface area contributed by atoms with Crippen LogP contribution in [-0.4, -0.2) is 22.4 Å². The number of primary amides is 1. The number of hydrogen-bond donors (Lipinski definition) is 3. The van der Waals surface area contributed by atoms with Crippen LogP contribution in [-0.2, 0) is 6.42 Å². The number of carbonyl (C=O) groups is 1. The molecule has 7 heteroatoms. The Balaban J connectivity index is 2.02. The molecule has 0 spiro atoms. The third kappa shape index (κ3) is 2.95. The van der Waals surface area contributed by atoms with E-state index in [1.54, 1.807) is 17.5 Å². The highest BCUT2D eigenvalue weighted by Crippen LogP contribution is 2.16. The van der Waals surface area contributed by atoms with Crippen LogP contribution in [0.1, 0.15) is 15.4 Å². The average molecular weight is 263 g/mol. The highest BCUT2D eigenvalue weighted by Gasteiger charge is 2.09. The first-order chi connectivity index (χ1) is 8.66. The summed E-state index contributed by atoms with van der Waals surface area (Å²) in [6, 6.07) is 1.47. The second-order valence-corrected chi connectivity index (χ2v) is 4.60. The Morgan fingerprint density at radius 3 is 2.94 bits per heavy atom. The van der Waals surface area contributed by atoms with E-state index in [2.05, 4.69) is 15.3 Å². The third-order valence-electron chi connectivity index (χ3n) is 2.33. The Kier molecular flexibility index (Phi) is 3.73. The molecule has 2 aromatic heterocycles. The van der Waals surface area contributed by atoms with Crippen molar-refractivity contribution in [1.82, 2.24) is 9.97 Å². The van der Waals surface area contributed by atoms with E-state index in [-0.39, 0.29) is 5.82 Å². The number of nitrogens with one attached hydrogen (secondary N) is 1. The molecule has 0 saturated heterocycles. The molecule has 0 fully saturated rings. The molecule has 0 saturated carbocycles. The van der Waals surface area contributed by atoms with Crippen molar-refractivity contribution < 1.29 is 4.79 Å². The van der Waals surface area contributed by atoms with Crippen molar-refractivity contribution in [3.63, 3.8) is 0 Å². The molecule has 0 aliphatic heterocycles. The van der Waals surface area contributed by atoms with E-state index in [0.717, 1.165) is 11.4 Å². The van der Waals surface area contributed by atoms with E-state index in [9.17, 15) is 4.79 Å². The molecule has 6 nitrogen and oxygen atoms in total. The van der Waals surface area contributed by atoms with Crippen LogP contribution >= 0.6 is 11.3 Å². The molecule has 2 aromatic rings. The van der Waals surface area contributed by atoms with Crippen LogP contribution < -0.4 is 16.8 Å². The predicted octanol–water partition coefficient (Wildman–Crippen LogP) is 0.874. The van der Waals surface area contributed by atoms with Gasteiger partial charge < -0.3 is 16.8 Å². The number of rotatable bonds is 5. The van der Waals surface area contributed by atoms with Crippen molar-refractivity contribution in [1.29, 1.82) is 0 Å². The van der Waals surface area contributed by atoms with Crippen molar-refractivity contribution in [2.45, 2.75) is 6.42 Å². The summed E-state index contributed by atoms with van der Waals surface area (Å²) in [6.45, 7) is 0.652. The van der Waals surface area contributed by atoms with Gasteiger partial charge in [-0.2, -0.15) is 0 Å². The first-order valence-corrected chi connectivity index (χ1v) is 6.22. The molecule has 94 valence electrons. The largest absolute Gasteiger partial charge is 0.384 e. The maximum Gasteiger partial charge on any atom is 0.250 e. The van der Waals surface area contributed by atoms with Crippen LogP contribution in [0.25, 0.3) is 0 Å². The first kappa shape index (κ1) is 12.3. The molecular weight excluding hydrogens is 250 g/mol. The van der Waals surface area contributed by atoms with Gasteiger partial charge in [0.2, 0.25) is 0 Å². The minimum Gasteiger partial charge on any atom is -0.384 e. The second kappa shape index (κ2) is 5.46. The molecule has 0 atom stereocenters. The molecule has 0 bridgehead atoms. The molecule has 0 aromatic carbocycles. The Hall–Kier alpha value is -2.15. The van der Waals surface area contributed by atoms with Crippen molar-refractivity contribution >= 4 is 28.7 Å². The van der Waals surface area contributed by atoms with Crippen molar-refractivity contribution in [3.05, 3.63) is 34.4 Å². The first-order valence-electron chi connectivity index (χ1n) is 5.34. The number of amides is 1. The lowest BCUT2D eigenvalue weighted by atomic mass is 10.2. The zero-order valence-electron chi connectivity index (χ0n) is 9.59. The lowest BCUT2D eigenvalue weighted by Crippen LogP contribution is -2.16. The van der Waals surface area contributed by atoms with E-state index < -0.39 is 5.91 Å². The van der Waals surface area contributed by atoms with Gasteiger partial charge in [-0.15, -0.1) is 11.3 Å². The highest BCUT2D eigenvalue weighted by atomic mass is 32.1. The van der Waals surface area contributed by atoms with Crippen molar-refractivity contribution in [3.8, 4) is 0 Å². The van der Waals surface area contributed by atoms with Crippen molar-refractivity contribution in [2.75, 3.05) is 17.6 Å². The minimum atomic E-state index is -0.527. The fraction of sp³-hybridized carbons (Fsp3) is 0.182. The van der Waals surface area contributed by atoms with Gasteiger partial charge in [0.1, 0.15) is 5.82 Å². The normalized spacial score (nSPS) is 10.2. The number of thiazole rings is 1. The maximum atomic E-state index is 11.3. The van der Waals surface area contributed by atoms with Crippen LogP contribution in [0.5, 0.6) is 0 Å². The minimum absolute atomic E-state index is 0.272. The van der Waals surface area contributed by atoms with E-state index in [1.807, 2.05) is 5.38 Å². The fourth-order valence-electron chi connectivity index (χ4n) is 1.50. The summed E-state index contributed by atoms with van der Waals surface area (Å²) in [6.07, 6.45) is 4.05. The molecule has 0 radical (unpaired) electrons. The van der Waals surface area contributed by atoms with Gasteiger partial charge >= 0.3 is 0 Å². The molecule has 2 rings (SSSR count). The number of nitrogens with two attached hydrogens (primary N) is 2. The van der Waals surface area contributed by atoms with E-state index in [0.29, 0.717) is 17.8 Å². The molecule has 1 amide bonds. The fourth-order valence-corrected chi connectivity index (χ4v) is 2.12. The summed E-state index contributed by atoms with van der Waals surface area (Å²) in [5.41, 5.74) is 11.7. The SMILES string of the molecule is NC(=O)c1cc(N)ncc1NCCc1nccs1. The quantitative estimate of drug-likeness (QED) is 0.742. The summed E-state index contributed by atoms with van der Waals surface area (Å²) in [5.74, 6) is -0.255. The van der Waals surface area contributed by atoms with Gasteiger partial charge in [0.05, 0.1) is 22.5 Å². The Bertz CT molecular complexity index is 540. The molecule has 5 N–H and O–H groups in total. The van der Waals surface area contributed by atoms with E-state index in [1.165, 1.54) is 12.3 Å². The maximum absolute atomic E-state index is 11.3. The van der Waals surface area contributed by atoms with Gasteiger partial charge in [-0.3, -0.25) is 4.79 Å². The zero-order chi connectivity index (χ0) is 13.0. The number of anilines is 2. The summed E-state index contributed by atoms with van der Waals surface area (Å²) < 4.78 is 0. The van der Waals surface area contributed by atoms with Crippen LogP contribution in [0.2, 0.25) is 0 Å². The smallest absolute Gasteiger partial charge is 0.250 e. The Labute approximate surface area is 108 Å². The molecular formula is C11H13N5OS. The lowest BCUT2D eigenvalue weighted by Gasteiger charge is -2.09. The molecule has 18 heavy (non-hydrogen) atoms. The molecule has 2 heterocycles. The average Bonchev–Trinajstić information content (AvgIpc) is 2.84. The number of pyridine rings is 1. The van der Waals surface area contributed by atoms with Gasteiger partial charge in [0.25, 0.3) is 5.91 Å². The summed E-state index contributed by atoms with van der Waals surface area (Å²) in [5, 5.41) is 6.07. The number of hydrogen-bond acceptors (Lipinski definition) is 6. The summed E-state index contributed by atoms with van der Waals surface area (Å²) in [7, 11) is 0. The van der Waals surface area contributed by atoms with Gasteiger partial charge in [0.15, 0.2) is 0 Å². The summed E-state index contributed by atoms with van der Waals surface area (Å²) >= 11 is 1.59. The highest BCUT2D eigenvalue weighted by molar-refractivity contribution is 7.09. The van der Waals surface area contributed by atoms with Gasteiger partial charge in [-0.05, 0) is 6.07 Å². The van der Waals surface area contributed by atoms with Crippen LogP contribution in [0.15, 0.2) is 23.8 Å². The Morgan fingerprint density at radius 1 is 1.44 bits per heavy atom. The predicted molar refractivity (Wildman–Crippen MR) is 71.5 cm³/mol. The Morgan fingerprint density at radius 2 is 2.28 bits per heavy atom. The number of carbonyl (C=O) groups excluding carboxylic acids is 1. The van der Waals surface area contributed by atoms with Crippen LogP contribution in [0, 0.1) is 0 Å². The van der Waals surface area contributed by atoms with Gasteiger partial charge in [-0.1, -0.05) is 0 Å². The van der Waals surface area contributed by atoms with Gasteiger partial charge in [0, 0.05) is 24.5 Å². The van der Waals surface area contributed by atoms with Crippen LogP contribution in [0.4, 0.5) is 11.5 Å². The molecule has 0 aliphatic carbocycles.